The number of aliphatic hydroxyl groups excluding tert-OH is 1. The van der Waals surface area contributed by atoms with Gasteiger partial charge < -0.3 is 15.2 Å². The molecule has 9 heteroatoms. The maximum absolute atomic E-state index is 12.4. The maximum Gasteiger partial charge on any atom is 0.225 e. The highest BCUT2D eigenvalue weighted by Gasteiger charge is 2.40. The standard InChI is InChI=1S/C20H31N3O5S/c1-21-20(25)15-13-22(11-12-23(14-15)29(2,26)27)17-9-6-10-18(19(17)24)28-16-7-4-3-5-8-16/h3-5,7-8,15,17-19,24H,6,9-14H2,1-2H3,(H,21,25)/t15-,17-,18+,19+/m0/s1. The van der Waals surface area contributed by atoms with E-state index in [1.807, 2.05) is 30.3 Å². The molecule has 1 amide bonds. The molecule has 0 bridgehead atoms. The summed E-state index contributed by atoms with van der Waals surface area (Å²) in [6, 6.07) is 9.26. The van der Waals surface area contributed by atoms with Gasteiger partial charge in [0, 0.05) is 39.3 Å². The number of amides is 1. The van der Waals surface area contributed by atoms with Gasteiger partial charge in [-0.1, -0.05) is 18.2 Å². The summed E-state index contributed by atoms with van der Waals surface area (Å²) in [5, 5.41) is 13.7. The molecular formula is C20H31N3O5S. The average molecular weight is 426 g/mol. The molecule has 2 N–H and O–H groups in total. The number of aliphatic hydroxyl groups is 1. The summed E-state index contributed by atoms with van der Waals surface area (Å²) in [4.78, 5) is 14.4. The minimum Gasteiger partial charge on any atom is -0.488 e. The second-order valence-corrected chi connectivity index (χ2v) is 9.87. The van der Waals surface area contributed by atoms with Crippen molar-refractivity contribution in [3.63, 3.8) is 0 Å². The van der Waals surface area contributed by atoms with Crippen molar-refractivity contribution in [2.75, 3.05) is 39.5 Å². The number of carbonyl (C=O) groups excluding carboxylic acids is 1. The van der Waals surface area contributed by atoms with Crippen molar-refractivity contribution < 1.29 is 23.1 Å². The van der Waals surface area contributed by atoms with Crippen molar-refractivity contribution in [1.82, 2.24) is 14.5 Å². The summed E-state index contributed by atoms with van der Waals surface area (Å²) >= 11 is 0. The van der Waals surface area contributed by atoms with E-state index in [0.717, 1.165) is 25.0 Å². The van der Waals surface area contributed by atoms with Crippen molar-refractivity contribution in [2.45, 2.75) is 37.5 Å². The Labute approximate surface area is 172 Å². The lowest BCUT2D eigenvalue weighted by atomic mass is 9.88. The molecule has 4 atom stereocenters. The molecule has 1 aliphatic heterocycles. The minimum absolute atomic E-state index is 0.155. The highest BCUT2D eigenvalue weighted by atomic mass is 32.2. The van der Waals surface area contributed by atoms with Gasteiger partial charge in [-0.15, -0.1) is 0 Å². The van der Waals surface area contributed by atoms with Crippen LogP contribution in [0.2, 0.25) is 0 Å². The predicted molar refractivity (Wildman–Crippen MR) is 110 cm³/mol. The van der Waals surface area contributed by atoms with E-state index in [2.05, 4.69) is 10.2 Å². The SMILES string of the molecule is CNC(=O)[C@H]1CN([C@H]2CCC[C@@H](Oc3ccccc3)[C@@H]2O)CCN(S(C)(=O)=O)C1. The van der Waals surface area contributed by atoms with Crippen molar-refractivity contribution in [2.24, 2.45) is 5.92 Å². The Morgan fingerprint density at radius 3 is 2.55 bits per heavy atom. The summed E-state index contributed by atoms with van der Waals surface area (Å²) < 4.78 is 31.6. The first-order valence-electron chi connectivity index (χ1n) is 10.1. The van der Waals surface area contributed by atoms with Crippen LogP contribution in [-0.4, -0.2) is 86.4 Å². The number of carbonyl (C=O) groups is 1. The largest absolute Gasteiger partial charge is 0.488 e. The van der Waals surface area contributed by atoms with Crippen LogP contribution < -0.4 is 10.1 Å². The van der Waals surface area contributed by atoms with E-state index >= 15 is 0 Å². The van der Waals surface area contributed by atoms with Crippen LogP contribution in [0.4, 0.5) is 0 Å². The Morgan fingerprint density at radius 2 is 1.90 bits per heavy atom. The Balaban J connectivity index is 1.75. The van der Waals surface area contributed by atoms with Crippen LogP contribution >= 0.6 is 0 Å². The third-order valence-electron chi connectivity index (χ3n) is 5.87. The third-order valence-corrected chi connectivity index (χ3v) is 7.13. The monoisotopic (exact) mass is 425 g/mol. The second-order valence-electron chi connectivity index (χ2n) is 7.89. The summed E-state index contributed by atoms with van der Waals surface area (Å²) in [6.07, 6.45) is 2.57. The van der Waals surface area contributed by atoms with Gasteiger partial charge in [0.2, 0.25) is 15.9 Å². The molecule has 0 aromatic heterocycles. The average Bonchev–Trinajstić information content (AvgIpc) is 2.93. The lowest BCUT2D eigenvalue weighted by Gasteiger charge is -2.41. The van der Waals surface area contributed by atoms with Crippen LogP contribution in [0.25, 0.3) is 0 Å². The zero-order valence-electron chi connectivity index (χ0n) is 17.0. The second kappa shape index (κ2) is 9.42. The lowest BCUT2D eigenvalue weighted by Crippen LogP contribution is -2.54. The first-order valence-corrected chi connectivity index (χ1v) is 11.9. The normalized spacial score (nSPS) is 29.8. The summed E-state index contributed by atoms with van der Waals surface area (Å²) in [5.74, 6) is 0.0485. The van der Waals surface area contributed by atoms with Gasteiger partial charge in [0.1, 0.15) is 18.0 Å². The molecular weight excluding hydrogens is 394 g/mol. The maximum atomic E-state index is 12.4. The molecule has 8 nitrogen and oxygen atoms in total. The molecule has 162 valence electrons. The number of ether oxygens (including phenoxy) is 1. The molecule has 2 fully saturated rings. The molecule has 1 aromatic carbocycles. The highest BCUT2D eigenvalue weighted by Crippen LogP contribution is 2.29. The van der Waals surface area contributed by atoms with Gasteiger partial charge in [-0.05, 0) is 31.4 Å². The van der Waals surface area contributed by atoms with Crippen LogP contribution in [0, 0.1) is 5.92 Å². The Kier molecular flexibility index (Phi) is 7.15. The predicted octanol–water partition coefficient (Wildman–Crippen LogP) is 0.287. The first kappa shape index (κ1) is 22.0. The Morgan fingerprint density at radius 1 is 1.17 bits per heavy atom. The molecule has 3 rings (SSSR count). The van der Waals surface area contributed by atoms with Crippen LogP contribution in [0.15, 0.2) is 30.3 Å². The molecule has 29 heavy (non-hydrogen) atoms. The van der Waals surface area contributed by atoms with E-state index in [-0.39, 0.29) is 24.6 Å². The first-order chi connectivity index (χ1) is 13.8. The van der Waals surface area contributed by atoms with Crippen molar-refractivity contribution in [3.05, 3.63) is 30.3 Å². The molecule has 1 saturated heterocycles. The van der Waals surface area contributed by atoms with E-state index in [1.54, 1.807) is 7.05 Å². The van der Waals surface area contributed by atoms with E-state index in [4.69, 9.17) is 4.74 Å². The van der Waals surface area contributed by atoms with Crippen LogP contribution in [0.3, 0.4) is 0 Å². The number of benzene rings is 1. The van der Waals surface area contributed by atoms with Crippen LogP contribution in [0.5, 0.6) is 5.75 Å². The Hall–Kier alpha value is -1.68. The molecule has 0 radical (unpaired) electrons. The van der Waals surface area contributed by atoms with Gasteiger partial charge in [-0.3, -0.25) is 9.69 Å². The number of rotatable bonds is 5. The summed E-state index contributed by atoms with van der Waals surface area (Å²) in [6.45, 7) is 1.34. The molecule has 1 aromatic rings. The van der Waals surface area contributed by atoms with E-state index in [0.29, 0.717) is 19.6 Å². The van der Waals surface area contributed by atoms with Gasteiger partial charge in [0.15, 0.2) is 0 Å². The lowest BCUT2D eigenvalue weighted by molar-refractivity contribution is -0.125. The van der Waals surface area contributed by atoms with Gasteiger partial charge >= 0.3 is 0 Å². The van der Waals surface area contributed by atoms with Crippen LogP contribution in [0.1, 0.15) is 19.3 Å². The number of hydrogen-bond acceptors (Lipinski definition) is 6. The Bertz CT molecular complexity index is 789. The van der Waals surface area contributed by atoms with Gasteiger partial charge in [0.05, 0.1) is 12.2 Å². The number of nitrogens with zero attached hydrogens (tertiary/aromatic N) is 2. The number of hydrogen-bond donors (Lipinski definition) is 2. The molecule has 1 heterocycles. The fourth-order valence-corrected chi connectivity index (χ4v) is 5.16. The fourth-order valence-electron chi connectivity index (χ4n) is 4.30. The zero-order chi connectivity index (χ0) is 21.0. The van der Waals surface area contributed by atoms with E-state index < -0.39 is 22.0 Å². The quantitative estimate of drug-likeness (QED) is 0.703. The molecule has 2 aliphatic rings. The van der Waals surface area contributed by atoms with Crippen molar-refractivity contribution in [3.8, 4) is 5.75 Å². The molecule has 1 aliphatic carbocycles. The van der Waals surface area contributed by atoms with Gasteiger partial charge in [0.25, 0.3) is 0 Å². The summed E-state index contributed by atoms with van der Waals surface area (Å²) in [5.41, 5.74) is 0. The zero-order valence-corrected chi connectivity index (χ0v) is 17.8. The smallest absolute Gasteiger partial charge is 0.225 e. The number of sulfonamides is 1. The van der Waals surface area contributed by atoms with Gasteiger partial charge in [-0.25, -0.2) is 12.7 Å². The highest BCUT2D eigenvalue weighted by molar-refractivity contribution is 7.88. The van der Waals surface area contributed by atoms with Crippen molar-refractivity contribution in [1.29, 1.82) is 0 Å². The van der Waals surface area contributed by atoms with E-state index in [1.165, 1.54) is 10.6 Å². The fraction of sp³-hybridized carbons (Fsp3) is 0.650. The molecule has 0 unspecified atom stereocenters. The number of nitrogens with one attached hydrogen (secondary N) is 1. The third kappa shape index (κ3) is 5.48. The van der Waals surface area contributed by atoms with Crippen molar-refractivity contribution >= 4 is 15.9 Å². The topological polar surface area (TPSA) is 99.2 Å². The van der Waals surface area contributed by atoms with Crippen LogP contribution in [-0.2, 0) is 14.8 Å². The van der Waals surface area contributed by atoms with E-state index in [9.17, 15) is 18.3 Å². The molecule has 1 saturated carbocycles. The minimum atomic E-state index is -3.40. The summed E-state index contributed by atoms with van der Waals surface area (Å²) in [7, 11) is -1.85. The number of para-hydroxylation sites is 1. The molecule has 0 spiro atoms. The van der Waals surface area contributed by atoms with Gasteiger partial charge in [-0.2, -0.15) is 0 Å².